The fourth-order valence-corrected chi connectivity index (χ4v) is 3.29. The van der Waals surface area contributed by atoms with E-state index in [1.54, 1.807) is 18.4 Å². The van der Waals surface area contributed by atoms with Crippen molar-refractivity contribution in [2.24, 2.45) is 0 Å². The topological polar surface area (TPSA) is 39.9 Å². The van der Waals surface area contributed by atoms with Crippen molar-refractivity contribution in [3.63, 3.8) is 0 Å². The van der Waals surface area contributed by atoms with Crippen molar-refractivity contribution in [3.05, 3.63) is 40.1 Å². The smallest absolute Gasteiger partial charge is 0.121 e. The molecule has 1 aromatic carbocycles. The van der Waals surface area contributed by atoms with Gasteiger partial charge in [0.25, 0.3) is 0 Å². The SMILES string of the molecule is COc1ccc2nc(CCCl)n(Cc3ncc(C)s3)c2c1. The molecule has 2 aromatic heterocycles. The van der Waals surface area contributed by atoms with Crippen molar-refractivity contribution in [1.29, 1.82) is 0 Å². The van der Waals surface area contributed by atoms with Gasteiger partial charge in [0.15, 0.2) is 0 Å². The fourth-order valence-electron chi connectivity index (χ4n) is 2.34. The lowest BCUT2D eigenvalue weighted by atomic mass is 10.3. The van der Waals surface area contributed by atoms with Crippen LogP contribution in [0.25, 0.3) is 11.0 Å². The van der Waals surface area contributed by atoms with Gasteiger partial charge < -0.3 is 9.30 Å². The normalized spacial score (nSPS) is 11.2. The summed E-state index contributed by atoms with van der Waals surface area (Å²) >= 11 is 7.62. The lowest BCUT2D eigenvalue weighted by Crippen LogP contribution is -2.05. The Morgan fingerprint density at radius 3 is 2.90 bits per heavy atom. The predicted molar refractivity (Wildman–Crippen MR) is 86.7 cm³/mol. The van der Waals surface area contributed by atoms with E-state index in [2.05, 4.69) is 21.5 Å². The van der Waals surface area contributed by atoms with Crippen LogP contribution in [0.1, 0.15) is 15.7 Å². The van der Waals surface area contributed by atoms with Crippen LogP contribution >= 0.6 is 22.9 Å². The molecular weight excluding hydrogens is 306 g/mol. The standard InChI is InChI=1S/C15H16ClN3OS/c1-10-8-17-15(21-10)9-19-13-7-11(20-2)3-4-12(13)18-14(19)5-6-16/h3-4,7-8H,5-6,9H2,1-2H3. The number of hydrogen-bond donors (Lipinski definition) is 0. The number of fused-ring (bicyclic) bond motifs is 1. The number of rotatable bonds is 5. The highest BCUT2D eigenvalue weighted by molar-refractivity contribution is 7.11. The van der Waals surface area contributed by atoms with Crippen LogP contribution in [0.2, 0.25) is 0 Å². The summed E-state index contributed by atoms with van der Waals surface area (Å²) in [5, 5.41) is 1.07. The molecule has 0 aliphatic heterocycles. The van der Waals surface area contributed by atoms with Crippen molar-refractivity contribution in [2.75, 3.05) is 13.0 Å². The van der Waals surface area contributed by atoms with E-state index in [9.17, 15) is 0 Å². The molecule has 110 valence electrons. The molecule has 4 nitrogen and oxygen atoms in total. The molecule has 0 bridgehead atoms. The second-order valence-electron chi connectivity index (χ2n) is 4.77. The minimum absolute atomic E-state index is 0.553. The molecule has 0 amide bonds. The van der Waals surface area contributed by atoms with E-state index in [0.717, 1.165) is 34.0 Å². The molecule has 3 aromatic rings. The third-order valence-corrected chi connectivity index (χ3v) is 4.40. The van der Waals surface area contributed by atoms with Crippen LogP contribution in [0.15, 0.2) is 24.4 Å². The van der Waals surface area contributed by atoms with Gasteiger partial charge >= 0.3 is 0 Å². The molecule has 21 heavy (non-hydrogen) atoms. The Morgan fingerprint density at radius 1 is 1.38 bits per heavy atom. The van der Waals surface area contributed by atoms with E-state index in [-0.39, 0.29) is 0 Å². The van der Waals surface area contributed by atoms with Gasteiger partial charge in [0.2, 0.25) is 0 Å². The number of aryl methyl sites for hydroxylation is 2. The van der Waals surface area contributed by atoms with Crippen LogP contribution in [0.3, 0.4) is 0 Å². The van der Waals surface area contributed by atoms with Crippen LogP contribution in [0, 0.1) is 6.92 Å². The minimum atomic E-state index is 0.553. The Morgan fingerprint density at radius 2 is 2.24 bits per heavy atom. The van der Waals surface area contributed by atoms with Gasteiger partial charge in [-0.2, -0.15) is 0 Å². The highest BCUT2D eigenvalue weighted by Crippen LogP contribution is 2.24. The number of aromatic nitrogens is 3. The van der Waals surface area contributed by atoms with Crippen LogP contribution < -0.4 is 4.74 Å². The zero-order valence-corrected chi connectivity index (χ0v) is 13.5. The number of halogens is 1. The van der Waals surface area contributed by atoms with Gasteiger partial charge in [-0.3, -0.25) is 0 Å². The first-order valence-corrected chi connectivity index (χ1v) is 8.07. The molecule has 0 atom stereocenters. The lowest BCUT2D eigenvalue weighted by Gasteiger charge is -2.07. The maximum absolute atomic E-state index is 5.91. The largest absolute Gasteiger partial charge is 0.497 e. The Hall–Kier alpha value is -1.59. The highest BCUT2D eigenvalue weighted by Gasteiger charge is 2.13. The van der Waals surface area contributed by atoms with Gasteiger partial charge in [0.1, 0.15) is 16.6 Å². The summed E-state index contributed by atoms with van der Waals surface area (Å²) < 4.78 is 7.50. The van der Waals surface area contributed by atoms with Gasteiger partial charge in [-0.05, 0) is 19.1 Å². The molecule has 2 heterocycles. The van der Waals surface area contributed by atoms with Crippen molar-refractivity contribution in [2.45, 2.75) is 19.9 Å². The number of nitrogens with zero attached hydrogens (tertiary/aromatic N) is 3. The van der Waals surface area contributed by atoms with Crippen molar-refractivity contribution >= 4 is 34.0 Å². The molecule has 3 rings (SSSR count). The average Bonchev–Trinajstić information content (AvgIpc) is 3.04. The third kappa shape index (κ3) is 2.89. The lowest BCUT2D eigenvalue weighted by molar-refractivity contribution is 0.415. The Bertz CT molecular complexity index is 765. The monoisotopic (exact) mass is 321 g/mol. The Balaban J connectivity index is 2.09. The van der Waals surface area contributed by atoms with E-state index in [1.807, 2.05) is 24.4 Å². The summed E-state index contributed by atoms with van der Waals surface area (Å²) in [5.74, 6) is 2.37. The Kier molecular flexibility index (Phi) is 4.12. The molecule has 0 radical (unpaired) electrons. The molecule has 0 unspecified atom stereocenters. The van der Waals surface area contributed by atoms with Crippen LogP contribution in [0.4, 0.5) is 0 Å². The summed E-state index contributed by atoms with van der Waals surface area (Å²) in [6, 6.07) is 5.92. The van der Waals surface area contributed by atoms with E-state index < -0.39 is 0 Å². The third-order valence-electron chi connectivity index (χ3n) is 3.32. The number of methoxy groups -OCH3 is 1. The highest BCUT2D eigenvalue weighted by atomic mass is 35.5. The van der Waals surface area contributed by atoms with Gasteiger partial charge in [-0.1, -0.05) is 0 Å². The summed E-state index contributed by atoms with van der Waals surface area (Å²) in [4.78, 5) is 10.3. The number of alkyl halides is 1. The van der Waals surface area contributed by atoms with Crippen molar-refractivity contribution in [1.82, 2.24) is 14.5 Å². The van der Waals surface area contributed by atoms with Gasteiger partial charge in [0.05, 0.1) is 24.7 Å². The summed E-state index contributed by atoms with van der Waals surface area (Å²) in [6.45, 7) is 2.78. The summed E-state index contributed by atoms with van der Waals surface area (Å²) in [7, 11) is 1.67. The fraction of sp³-hybridized carbons (Fsp3) is 0.333. The van der Waals surface area contributed by atoms with E-state index in [1.165, 1.54) is 4.88 Å². The number of ether oxygens (including phenoxy) is 1. The summed E-state index contributed by atoms with van der Waals surface area (Å²) in [6.07, 6.45) is 2.64. The zero-order valence-electron chi connectivity index (χ0n) is 12.0. The average molecular weight is 322 g/mol. The molecule has 0 aliphatic rings. The molecule has 0 saturated heterocycles. The quantitative estimate of drug-likeness (QED) is 0.674. The minimum Gasteiger partial charge on any atom is -0.497 e. The van der Waals surface area contributed by atoms with Crippen LogP contribution in [0.5, 0.6) is 5.75 Å². The van der Waals surface area contributed by atoms with Gasteiger partial charge in [-0.15, -0.1) is 22.9 Å². The predicted octanol–water partition coefficient (Wildman–Crippen LogP) is 3.64. The van der Waals surface area contributed by atoms with Gasteiger partial charge in [0, 0.05) is 29.4 Å². The maximum Gasteiger partial charge on any atom is 0.121 e. The molecule has 0 fully saturated rings. The molecular formula is C15H16ClN3OS. The van der Waals surface area contributed by atoms with Crippen LogP contribution in [-0.2, 0) is 13.0 Å². The van der Waals surface area contributed by atoms with Crippen LogP contribution in [-0.4, -0.2) is 27.5 Å². The molecule has 6 heteroatoms. The first kappa shape index (κ1) is 14.4. The Labute approximate surface area is 132 Å². The van der Waals surface area contributed by atoms with E-state index >= 15 is 0 Å². The molecule has 0 saturated carbocycles. The second kappa shape index (κ2) is 6.03. The molecule has 0 aliphatic carbocycles. The molecule has 0 N–H and O–H groups in total. The van der Waals surface area contributed by atoms with Crippen molar-refractivity contribution < 1.29 is 4.74 Å². The van der Waals surface area contributed by atoms with E-state index in [4.69, 9.17) is 16.3 Å². The summed E-state index contributed by atoms with van der Waals surface area (Å²) in [5.41, 5.74) is 2.02. The first-order valence-electron chi connectivity index (χ1n) is 6.71. The number of imidazole rings is 1. The number of benzene rings is 1. The van der Waals surface area contributed by atoms with Gasteiger partial charge in [-0.25, -0.2) is 9.97 Å². The maximum atomic E-state index is 5.91. The zero-order chi connectivity index (χ0) is 14.8. The van der Waals surface area contributed by atoms with Crippen molar-refractivity contribution in [3.8, 4) is 5.75 Å². The molecule has 0 spiro atoms. The first-order chi connectivity index (χ1) is 10.2. The van der Waals surface area contributed by atoms with E-state index in [0.29, 0.717) is 12.4 Å². The second-order valence-corrected chi connectivity index (χ2v) is 6.47. The number of hydrogen-bond acceptors (Lipinski definition) is 4. The number of thiazole rings is 1.